The zero-order chi connectivity index (χ0) is 35.7. The van der Waals surface area contributed by atoms with Gasteiger partial charge < -0.3 is 14.4 Å². The number of carbonyl (C=O) groups excluding carboxylic acids is 3. The highest BCUT2D eigenvalue weighted by atomic mass is 35.5. The molecule has 0 aliphatic carbocycles. The molecule has 1 amide bonds. The van der Waals surface area contributed by atoms with E-state index in [2.05, 4.69) is 27.7 Å². The number of carbonyl (C=O) groups is 3. The van der Waals surface area contributed by atoms with Crippen LogP contribution in [-0.2, 0) is 23.9 Å². The van der Waals surface area contributed by atoms with Gasteiger partial charge in [-0.3, -0.25) is 14.4 Å². The summed E-state index contributed by atoms with van der Waals surface area (Å²) in [4.78, 5) is 41.5. The van der Waals surface area contributed by atoms with Crippen LogP contribution in [0.5, 0.6) is 0 Å². The van der Waals surface area contributed by atoms with Gasteiger partial charge in [-0.15, -0.1) is 11.6 Å². The molecule has 3 unspecified atom stereocenters. The fourth-order valence-electron chi connectivity index (χ4n) is 6.42. The van der Waals surface area contributed by atoms with Gasteiger partial charge in [0.05, 0.1) is 24.9 Å². The van der Waals surface area contributed by atoms with Crippen molar-refractivity contribution in [3.05, 3.63) is 0 Å². The molecular weight excluding hydrogens is 622 g/mol. The minimum absolute atomic E-state index is 0.0332. The first-order chi connectivity index (χ1) is 23.4. The Morgan fingerprint density at radius 2 is 0.812 bits per heavy atom. The lowest BCUT2D eigenvalue weighted by molar-refractivity contribution is -0.153. The first kappa shape index (κ1) is 46.7. The van der Waals surface area contributed by atoms with Gasteiger partial charge in [0.1, 0.15) is 13.2 Å². The SMILES string of the molecule is CCCCCCCCC(CCCCCC)C(=O)OCCN(CCOC(=O)C(CCCCCC)CCCCCCCC)C(=O)C(C)CCCl. The number of ether oxygens (including phenoxy) is 2. The minimum atomic E-state index is -0.244. The molecule has 0 fully saturated rings. The number of halogens is 1. The molecule has 6 nitrogen and oxygen atoms in total. The normalized spacial score (nSPS) is 13.2. The summed E-state index contributed by atoms with van der Waals surface area (Å²) in [7, 11) is 0. The van der Waals surface area contributed by atoms with E-state index in [1.807, 2.05) is 6.92 Å². The summed E-state index contributed by atoms with van der Waals surface area (Å²) in [5.41, 5.74) is 0. The number of hydrogen-bond donors (Lipinski definition) is 0. The van der Waals surface area contributed by atoms with Crippen LogP contribution in [0.1, 0.15) is 195 Å². The van der Waals surface area contributed by atoms with Crippen molar-refractivity contribution in [2.24, 2.45) is 17.8 Å². The van der Waals surface area contributed by atoms with Crippen molar-refractivity contribution < 1.29 is 23.9 Å². The molecule has 0 saturated carbocycles. The fourth-order valence-corrected chi connectivity index (χ4v) is 6.74. The average Bonchev–Trinajstić information content (AvgIpc) is 3.08. The van der Waals surface area contributed by atoms with Gasteiger partial charge >= 0.3 is 11.9 Å². The van der Waals surface area contributed by atoms with E-state index in [1.54, 1.807) is 4.90 Å². The Morgan fingerprint density at radius 3 is 1.15 bits per heavy atom. The van der Waals surface area contributed by atoms with Crippen LogP contribution in [0.25, 0.3) is 0 Å². The maximum atomic E-state index is 13.3. The molecule has 0 N–H and O–H groups in total. The molecule has 284 valence electrons. The number of hydrogen-bond acceptors (Lipinski definition) is 5. The Bertz CT molecular complexity index is 713. The van der Waals surface area contributed by atoms with Crippen molar-refractivity contribution in [1.82, 2.24) is 4.90 Å². The topological polar surface area (TPSA) is 72.9 Å². The van der Waals surface area contributed by atoms with Crippen LogP contribution in [0, 0.1) is 17.8 Å². The average molecular weight is 701 g/mol. The van der Waals surface area contributed by atoms with E-state index in [9.17, 15) is 14.4 Å². The van der Waals surface area contributed by atoms with E-state index < -0.39 is 0 Å². The zero-order valence-corrected chi connectivity index (χ0v) is 33.1. The number of amides is 1. The molecule has 0 aromatic heterocycles. The maximum Gasteiger partial charge on any atom is 0.308 e. The van der Waals surface area contributed by atoms with Gasteiger partial charge in [-0.2, -0.15) is 0 Å². The van der Waals surface area contributed by atoms with Crippen LogP contribution in [0.3, 0.4) is 0 Å². The van der Waals surface area contributed by atoms with Crippen molar-refractivity contribution in [2.75, 3.05) is 32.2 Å². The second-order valence-corrected chi connectivity index (χ2v) is 14.6. The van der Waals surface area contributed by atoms with Crippen LogP contribution < -0.4 is 0 Å². The Morgan fingerprint density at radius 1 is 0.500 bits per heavy atom. The van der Waals surface area contributed by atoms with Crippen molar-refractivity contribution in [2.45, 2.75) is 195 Å². The number of alkyl halides is 1. The number of unbranched alkanes of at least 4 members (excludes halogenated alkanes) is 16. The van der Waals surface area contributed by atoms with Gasteiger partial charge in [-0.05, 0) is 32.1 Å². The number of esters is 2. The molecule has 0 aromatic rings. The zero-order valence-electron chi connectivity index (χ0n) is 32.3. The van der Waals surface area contributed by atoms with E-state index in [4.69, 9.17) is 21.1 Å². The molecule has 0 bridgehead atoms. The van der Waals surface area contributed by atoms with E-state index >= 15 is 0 Å². The van der Waals surface area contributed by atoms with Gasteiger partial charge in [0.15, 0.2) is 0 Å². The third-order valence-corrected chi connectivity index (χ3v) is 10.00. The van der Waals surface area contributed by atoms with Gasteiger partial charge in [0.25, 0.3) is 0 Å². The van der Waals surface area contributed by atoms with Gasteiger partial charge in [-0.25, -0.2) is 0 Å². The first-order valence-electron chi connectivity index (χ1n) is 20.5. The molecule has 48 heavy (non-hydrogen) atoms. The molecule has 0 saturated heterocycles. The smallest absolute Gasteiger partial charge is 0.308 e. The standard InChI is InChI=1S/C41H78ClNO5/c1-6-10-14-18-20-24-28-37(26-22-16-12-8-3)40(45)47-34-32-43(39(44)36(5)30-31-42)33-35-48-41(46)38(27-23-17-13-9-4)29-25-21-19-15-11-7-2/h36-38H,6-35H2,1-5H3. The summed E-state index contributed by atoms with van der Waals surface area (Å²) < 4.78 is 11.6. The summed E-state index contributed by atoms with van der Waals surface area (Å²) in [6.45, 7) is 11.7. The van der Waals surface area contributed by atoms with E-state index in [1.165, 1.54) is 77.0 Å². The predicted molar refractivity (Wildman–Crippen MR) is 203 cm³/mol. The fraction of sp³-hybridized carbons (Fsp3) is 0.927. The van der Waals surface area contributed by atoms with Crippen molar-refractivity contribution >= 4 is 29.4 Å². The molecule has 7 heteroatoms. The highest BCUT2D eigenvalue weighted by molar-refractivity contribution is 6.18. The Balaban J connectivity index is 5.15. The molecule has 0 aromatic carbocycles. The van der Waals surface area contributed by atoms with E-state index in [-0.39, 0.29) is 48.8 Å². The molecule has 3 atom stereocenters. The van der Waals surface area contributed by atoms with Gasteiger partial charge in [0.2, 0.25) is 5.91 Å². The number of nitrogens with zero attached hydrogens (tertiary/aromatic N) is 1. The Hall–Kier alpha value is -1.30. The lowest BCUT2D eigenvalue weighted by atomic mass is 9.94. The summed E-state index contributed by atoms with van der Waals surface area (Å²) in [6, 6.07) is 0. The molecular formula is C41H78ClNO5. The van der Waals surface area contributed by atoms with E-state index in [0.717, 1.165) is 77.0 Å². The number of rotatable bonds is 35. The van der Waals surface area contributed by atoms with Crippen LogP contribution in [0.2, 0.25) is 0 Å². The monoisotopic (exact) mass is 700 g/mol. The molecule has 0 aliphatic rings. The van der Waals surface area contributed by atoms with Crippen LogP contribution in [0.15, 0.2) is 0 Å². The molecule has 0 spiro atoms. The quantitative estimate of drug-likeness (QED) is 0.0374. The summed E-state index contributed by atoms with van der Waals surface area (Å²) in [6.07, 6.45) is 27.7. The Kier molecular flexibility index (Phi) is 33.2. The summed E-state index contributed by atoms with van der Waals surface area (Å²) >= 11 is 5.97. The van der Waals surface area contributed by atoms with Crippen molar-refractivity contribution in [3.8, 4) is 0 Å². The molecule has 0 radical (unpaired) electrons. The maximum absolute atomic E-state index is 13.3. The van der Waals surface area contributed by atoms with Gasteiger partial charge in [0, 0.05) is 11.8 Å². The lowest BCUT2D eigenvalue weighted by Crippen LogP contribution is -2.41. The first-order valence-corrected chi connectivity index (χ1v) is 21.1. The third kappa shape index (κ3) is 25.6. The summed E-state index contributed by atoms with van der Waals surface area (Å²) in [5, 5.41) is 0. The second kappa shape index (κ2) is 34.2. The molecule has 0 aliphatic heterocycles. The molecule has 0 rings (SSSR count). The van der Waals surface area contributed by atoms with E-state index in [0.29, 0.717) is 25.4 Å². The highest BCUT2D eigenvalue weighted by Gasteiger charge is 2.24. The minimum Gasteiger partial charge on any atom is -0.464 e. The summed E-state index contributed by atoms with van der Waals surface area (Å²) in [5.74, 6) is -0.285. The predicted octanol–water partition coefficient (Wildman–Crippen LogP) is 11.8. The van der Waals surface area contributed by atoms with Crippen LogP contribution >= 0.6 is 11.6 Å². The van der Waals surface area contributed by atoms with Crippen molar-refractivity contribution in [1.29, 1.82) is 0 Å². The van der Waals surface area contributed by atoms with Gasteiger partial charge in [-0.1, -0.05) is 163 Å². The van der Waals surface area contributed by atoms with Crippen LogP contribution in [0.4, 0.5) is 0 Å². The van der Waals surface area contributed by atoms with Crippen molar-refractivity contribution in [3.63, 3.8) is 0 Å². The second-order valence-electron chi connectivity index (χ2n) is 14.2. The largest absolute Gasteiger partial charge is 0.464 e. The highest BCUT2D eigenvalue weighted by Crippen LogP contribution is 2.22. The molecule has 0 heterocycles. The van der Waals surface area contributed by atoms with Crippen LogP contribution in [-0.4, -0.2) is 54.9 Å². The Labute approximate surface area is 302 Å². The lowest BCUT2D eigenvalue weighted by Gasteiger charge is -2.26. The third-order valence-electron chi connectivity index (χ3n) is 9.78.